The van der Waals surface area contributed by atoms with E-state index in [-0.39, 0.29) is 5.82 Å². The van der Waals surface area contributed by atoms with Gasteiger partial charge >= 0.3 is 0 Å². The Morgan fingerprint density at radius 3 is 2.80 bits per heavy atom. The molecule has 0 fully saturated rings. The van der Waals surface area contributed by atoms with Crippen LogP contribution in [0.15, 0.2) is 36.4 Å². The smallest absolute Gasteiger partial charge is 0.125 e. The number of hydrogen-bond acceptors (Lipinski definition) is 2. The number of nitrogens with two attached hydrogens (primary N) is 1. The average molecular weight is 291 g/mol. The van der Waals surface area contributed by atoms with Gasteiger partial charge in [0, 0.05) is 22.9 Å². The zero-order valence-corrected chi connectivity index (χ0v) is 11.8. The van der Waals surface area contributed by atoms with Crippen LogP contribution >= 0.6 is 11.6 Å². The number of hydrogen-bond donors (Lipinski definition) is 1. The molecule has 0 saturated heterocycles. The number of anilines is 2. The van der Waals surface area contributed by atoms with E-state index in [1.165, 1.54) is 11.6 Å². The first-order valence-corrected chi connectivity index (χ1v) is 7.11. The van der Waals surface area contributed by atoms with Gasteiger partial charge in [-0.3, -0.25) is 0 Å². The molecule has 2 aromatic carbocycles. The van der Waals surface area contributed by atoms with Gasteiger partial charge in [-0.05, 0) is 60.8 Å². The topological polar surface area (TPSA) is 29.3 Å². The molecule has 0 aliphatic carbocycles. The summed E-state index contributed by atoms with van der Waals surface area (Å²) in [5, 5.41) is 0.705. The highest BCUT2D eigenvalue weighted by molar-refractivity contribution is 6.30. The highest BCUT2D eigenvalue weighted by Gasteiger charge is 2.22. The van der Waals surface area contributed by atoms with Gasteiger partial charge in [-0.25, -0.2) is 4.39 Å². The SMILES string of the molecule is NCCc1cc(Cl)ccc1N1CCc2ccc(F)cc21. The van der Waals surface area contributed by atoms with Gasteiger partial charge in [-0.1, -0.05) is 17.7 Å². The van der Waals surface area contributed by atoms with Crippen molar-refractivity contribution in [3.05, 3.63) is 58.4 Å². The zero-order chi connectivity index (χ0) is 14.1. The summed E-state index contributed by atoms with van der Waals surface area (Å²) in [6.45, 7) is 1.43. The summed E-state index contributed by atoms with van der Waals surface area (Å²) in [7, 11) is 0. The fraction of sp³-hybridized carbons (Fsp3) is 0.250. The summed E-state index contributed by atoms with van der Waals surface area (Å²) in [6.07, 6.45) is 1.69. The first kappa shape index (κ1) is 13.4. The Hall–Kier alpha value is -1.58. The van der Waals surface area contributed by atoms with Gasteiger partial charge in [0.2, 0.25) is 0 Å². The van der Waals surface area contributed by atoms with Crippen LogP contribution in [0.25, 0.3) is 0 Å². The molecule has 1 aliphatic heterocycles. The number of halogens is 2. The van der Waals surface area contributed by atoms with Gasteiger partial charge in [0.15, 0.2) is 0 Å². The standard InChI is InChI=1S/C16H16ClFN2/c17-13-2-4-15(12(9-13)5-7-19)20-8-6-11-1-3-14(18)10-16(11)20/h1-4,9-10H,5-8,19H2. The highest BCUT2D eigenvalue weighted by Crippen LogP contribution is 2.37. The molecule has 2 N–H and O–H groups in total. The predicted molar refractivity (Wildman–Crippen MR) is 81.3 cm³/mol. The summed E-state index contributed by atoms with van der Waals surface area (Å²) >= 11 is 6.07. The van der Waals surface area contributed by atoms with E-state index < -0.39 is 0 Å². The third-order valence-corrected chi connectivity index (χ3v) is 3.92. The van der Waals surface area contributed by atoms with Crippen molar-refractivity contribution in [3.63, 3.8) is 0 Å². The molecule has 2 aromatic rings. The van der Waals surface area contributed by atoms with Crippen molar-refractivity contribution < 1.29 is 4.39 Å². The Balaban J connectivity index is 2.05. The highest BCUT2D eigenvalue weighted by atomic mass is 35.5. The second kappa shape index (κ2) is 5.43. The lowest BCUT2D eigenvalue weighted by molar-refractivity contribution is 0.628. The summed E-state index contributed by atoms with van der Waals surface area (Å²) in [6, 6.07) is 10.8. The third-order valence-electron chi connectivity index (χ3n) is 3.69. The van der Waals surface area contributed by atoms with Gasteiger partial charge in [-0.15, -0.1) is 0 Å². The number of fused-ring (bicyclic) bond motifs is 1. The molecule has 20 heavy (non-hydrogen) atoms. The molecular formula is C16H16ClFN2. The van der Waals surface area contributed by atoms with Gasteiger partial charge in [0.05, 0.1) is 0 Å². The fourth-order valence-electron chi connectivity index (χ4n) is 2.78. The fourth-order valence-corrected chi connectivity index (χ4v) is 2.97. The summed E-state index contributed by atoms with van der Waals surface area (Å²) in [5.74, 6) is -0.204. The van der Waals surface area contributed by atoms with E-state index in [0.717, 1.165) is 36.3 Å². The van der Waals surface area contributed by atoms with Crippen molar-refractivity contribution in [1.82, 2.24) is 0 Å². The first-order valence-electron chi connectivity index (χ1n) is 6.73. The predicted octanol–water partition coefficient (Wildman–Crippen LogP) is 3.67. The molecule has 0 atom stereocenters. The molecule has 1 heterocycles. The average Bonchev–Trinajstić information content (AvgIpc) is 2.82. The normalized spacial score (nSPS) is 13.7. The number of nitrogens with zero attached hydrogens (tertiary/aromatic N) is 1. The van der Waals surface area contributed by atoms with Gasteiger partial charge in [0.1, 0.15) is 5.82 Å². The Morgan fingerprint density at radius 2 is 2.00 bits per heavy atom. The van der Waals surface area contributed by atoms with Crippen LogP contribution in [-0.4, -0.2) is 13.1 Å². The van der Waals surface area contributed by atoms with Gasteiger partial charge in [-0.2, -0.15) is 0 Å². The van der Waals surface area contributed by atoms with Crippen molar-refractivity contribution in [1.29, 1.82) is 0 Å². The minimum Gasteiger partial charge on any atom is -0.341 e. The lowest BCUT2D eigenvalue weighted by Gasteiger charge is -2.23. The van der Waals surface area contributed by atoms with Crippen molar-refractivity contribution in [2.24, 2.45) is 5.73 Å². The Bertz CT molecular complexity index is 642. The van der Waals surface area contributed by atoms with E-state index >= 15 is 0 Å². The lowest BCUT2D eigenvalue weighted by Crippen LogP contribution is -2.16. The van der Waals surface area contributed by atoms with Crippen LogP contribution in [0.1, 0.15) is 11.1 Å². The molecule has 0 bridgehead atoms. The van der Waals surface area contributed by atoms with E-state index in [1.54, 1.807) is 6.07 Å². The molecule has 4 heteroatoms. The maximum Gasteiger partial charge on any atom is 0.125 e. The van der Waals surface area contributed by atoms with Crippen LogP contribution in [0.2, 0.25) is 5.02 Å². The van der Waals surface area contributed by atoms with Crippen molar-refractivity contribution in [3.8, 4) is 0 Å². The van der Waals surface area contributed by atoms with E-state index in [1.807, 2.05) is 24.3 Å². The molecule has 3 rings (SSSR count). The summed E-state index contributed by atoms with van der Waals surface area (Å²) in [4.78, 5) is 2.15. The van der Waals surface area contributed by atoms with Gasteiger partial charge < -0.3 is 10.6 Å². The molecular weight excluding hydrogens is 275 g/mol. The monoisotopic (exact) mass is 290 g/mol. The molecule has 0 unspecified atom stereocenters. The molecule has 1 aliphatic rings. The lowest BCUT2D eigenvalue weighted by atomic mass is 10.1. The minimum absolute atomic E-state index is 0.204. The number of rotatable bonds is 3. The molecule has 0 radical (unpaired) electrons. The summed E-state index contributed by atoms with van der Waals surface area (Å²) in [5.41, 5.74) is 9.99. The Labute approximate surface area is 123 Å². The molecule has 0 aromatic heterocycles. The van der Waals surface area contributed by atoms with E-state index in [2.05, 4.69) is 4.90 Å². The quantitative estimate of drug-likeness (QED) is 0.934. The van der Waals surface area contributed by atoms with E-state index in [4.69, 9.17) is 17.3 Å². The van der Waals surface area contributed by atoms with Crippen molar-refractivity contribution in [2.45, 2.75) is 12.8 Å². The van der Waals surface area contributed by atoms with Crippen LogP contribution in [0, 0.1) is 5.82 Å². The molecule has 2 nitrogen and oxygen atoms in total. The molecule has 0 saturated carbocycles. The first-order chi connectivity index (χ1) is 9.69. The zero-order valence-electron chi connectivity index (χ0n) is 11.1. The molecule has 104 valence electrons. The number of benzene rings is 2. The Kier molecular flexibility index (Phi) is 3.64. The van der Waals surface area contributed by atoms with Crippen LogP contribution in [-0.2, 0) is 12.8 Å². The summed E-state index contributed by atoms with van der Waals surface area (Å²) < 4.78 is 13.5. The maximum atomic E-state index is 13.5. The minimum atomic E-state index is -0.204. The second-order valence-electron chi connectivity index (χ2n) is 4.99. The van der Waals surface area contributed by atoms with E-state index in [0.29, 0.717) is 11.6 Å². The van der Waals surface area contributed by atoms with Crippen LogP contribution in [0.3, 0.4) is 0 Å². The van der Waals surface area contributed by atoms with E-state index in [9.17, 15) is 4.39 Å². The molecule has 0 spiro atoms. The van der Waals surface area contributed by atoms with Gasteiger partial charge in [0.25, 0.3) is 0 Å². The third kappa shape index (κ3) is 2.39. The van der Waals surface area contributed by atoms with Crippen LogP contribution in [0.5, 0.6) is 0 Å². The van der Waals surface area contributed by atoms with Crippen molar-refractivity contribution in [2.75, 3.05) is 18.0 Å². The second-order valence-corrected chi connectivity index (χ2v) is 5.42. The van der Waals surface area contributed by atoms with Crippen molar-refractivity contribution >= 4 is 23.0 Å². The Morgan fingerprint density at radius 1 is 1.15 bits per heavy atom. The van der Waals surface area contributed by atoms with Crippen LogP contribution in [0.4, 0.5) is 15.8 Å². The maximum absolute atomic E-state index is 13.5. The largest absolute Gasteiger partial charge is 0.341 e. The molecule has 0 amide bonds. The van der Waals surface area contributed by atoms with Crippen LogP contribution < -0.4 is 10.6 Å².